The molecule has 0 spiro atoms. The van der Waals surface area contributed by atoms with Crippen LogP contribution in [0.5, 0.6) is 5.75 Å². The van der Waals surface area contributed by atoms with Crippen LogP contribution in [0.3, 0.4) is 0 Å². The van der Waals surface area contributed by atoms with E-state index in [1.165, 1.54) is 18.5 Å². The highest BCUT2D eigenvalue weighted by molar-refractivity contribution is 7.92. The molecule has 1 atom stereocenters. The molecule has 0 saturated carbocycles. The third-order valence-corrected chi connectivity index (χ3v) is 6.16. The van der Waals surface area contributed by atoms with E-state index in [4.69, 9.17) is 21.1 Å². The van der Waals surface area contributed by atoms with E-state index >= 15 is 0 Å². The Morgan fingerprint density at radius 3 is 2.71 bits per heavy atom. The predicted octanol–water partition coefficient (Wildman–Crippen LogP) is 3.79. The van der Waals surface area contributed by atoms with Crippen LogP contribution in [-0.2, 0) is 16.8 Å². The van der Waals surface area contributed by atoms with Crippen molar-refractivity contribution in [3.8, 4) is 23.3 Å². The van der Waals surface area contributed by atoms with Crippen LogP contribution in [0.1, 0.15) is 20.8 Å². The Bertz CT molecular complexity index is 1210. The second kappa shape index (κ2) is 7.04. The molecule has 0 aliphatic rings. The highest BCUT2D eigenvalue weighted by atomic mass is 35.5. The van der Waals surface area contributed by atoms with Gasteiger partial charge in [-0.15, -0.1) is 0 Å². The van der Waals surface area contributed by atoms with Crippen molar-refractivity contribution >= 4 is 32.5 Å². The molecule has 3 aromatic heterocycles. The number of ether oxygens (including phenoxy) is 1. The van der Waals surface area contributed by atoms with Gasteiger partial charge in [0.05, 0.1) is 25.8 Å². The van der Waals surface area contributed by atoms with Gasteiger partial charge in [-0.25, -0.2) is 23.9 Å². The number of hydrogen-bond donors (Lipinski definition) is 1. The fraction of sp³-hybridized carbons (Fsp3) is 0.333. The number of rotatable bonds is 5. The Hall–Kier alpha value is -2.70. The molecule has 0 saturated heterocycles. The smallest absolute Gasteiger partial charge is 0.188 e. The van der Waals surface area contributed by atoms with Gasteiger partial charge in [-0.05, 0) is 19.9 Å². The van der Waals surface area contributed by atoms with E-state index in [9.17, 15) is 9.47 Å². The van der Waals surface area contributed by atoms with Crippen LogP contribution in [0.2, 0.25) is 5.02 Å². The van der Waals surface area contributed by atoms with Crippen LogP contribution < -0.4 is 4.74 Å². The maximum Gasteiger partial charge on any atom is 0.188 e. The summed E-state index contributed by atoms with van der Waals surface area (Å²) in [5.74, 6) is 0.777. The third-order valence-electron chi connectivity index (χ3n) is 4.12. The van der Waals surface area contributed by atoms with Crippen molar-refractivity contribution in [1.29, 1.82) is 10.0 Å². The molecule has 0 aliphatic carbocycles. The summed E-state index contributed by atoms with van der Waals surface area (Å²) in [7, 11) is -1.39. The number of imidazole rings is 1. The largest absolute Gasteiger partial charge is 0.471 e. The summed E-state index contributed by atoms with van der Waals surface area (Å²) in [4.78, 5) is 13.4. The van der Waals surface area contributed by atoms with Gasteiger partial charge >= 0.3 is 0 Å². The van der Waals surface area contributed by atoms with Gasteiger partial charge in [0, 0.05) is 25.1 Å². The molecule has 0 fully saturated rings. The van der Waals surface area contributed by atoms with Crippen LogP contribution in [0.15, 0.2) is 29.4 Å². The molecule has 3 rings (SSSR count). The van der Waals surface area contributed by atoms with Gasteiger partial charge < -0.3 is 9.30 Å². The average Bonchev–Trinajstić information content (AvgIpc) is 2.97. The van der Waals surface area contributed by atoms with E-state index in [0.29, 0.717) is 27.7 Å². The number of hydrogen-bond acceptors (Lipinski definition) is 7. The Balaban J connectivity index is 2.24. The van der Waals surface area contributed by atoms with Crippen LogP contribution in [-0.4, -0.2) is 35.1 Å². The van der Waals surface area contributed by atoms with Gasteiger partial charge in [-0.3, -0.25) is 0 Å². The van der Waals surface area contributed by atoms with E-state index < -0.39 is 15.3 Å². The Morgan fingerprint density at radius 2 is 2.07 bits per heavy atom. The van der Waals surface area contributed by atoms with Crippen molar-refractivity contribution in [2.45, 2.75) is 31.3 Å². The van der Waals surface area contributed by atoms with E-state index in [-0.39, 0.29) is 16.4 Å². The van der Waals surface area contributed by atoms with E-state index in [0.717, 1.165) is 0 Å². The number of pyridine rings is 2. The van der Waals surface area contributed by atoms with Gasteiger partial charge in [0.1, 0.15) is 23.0 Å². The molecule has 0 bridgehead atoms. The fourth-order valence-electron chi connectivity index (χ4n) is 2.64. The summed E-state index contributed by atoms with van der Waals surface area (Å²) in [6, 6.07) is 5.21. The average molecular weight is 419 g/mol. The first-order chi connectivity index (χ1) is 13.1. The summed E-state index contributed by atoms with van der Waals surface area (Å²) >= 11 is 6.00. The molecule has 1 N–H and O–H groups in total. The minimum absolute atomic E-state index is 0.0980. The van der Waals surface area contributed by atoms with Crippen molar-refractivity contribution in [3.05, 3.63) is 29.5 Å². The highest BCUT2D eigenvalue weighted by Crippen LogP contribution is 2.32. The zero-order chi connectivity index (χ0) is 20.7. The summed E-state index contributed by atoms with van der Waals surface area (Å²) in [5, 5.41) is 9.63. The van der Waals surface area contributed by atoms with Crippen LogP contribution in [0, 0.1) is 16.1 Å². The van der Waals surface area contributed by atoms with E-state index in [1.54, 1.807) is 38.5 Å². The maximum atomic E-state index is 13.0. The van der Waals surface area contributed by atoms with Crippen molar-refractivity contribution in [2.24, 2.45) is 7.05 Å². The molecule has 0 unspecified atom stereocenters. The quantitative estimate of drug-likeness (QED) is 0.673. The molecule has 10 heteroatoms. The first-order valence-corrected chi connectivity index (χ1v) is 10.5. The Kier molecular flexibility index (Phi) is 5.04. The second-order valence-corrected chi connectivity index (χ2v) is 9.50. The predicted molar refractivity (Wildman–Crippen MR) is 107 cm³/mol. The number of nitriles is 1. The monoisotopic (exact) mass is 418 g/mol. The Morgan fingerprint density at radius 1 is 1.36 bits per heavy atom. The SMILES string of the molecule is CC[S@@](=N)(=O)c1cc(OC(C)(C)C#N)cnc1-c1nc2cc(Cl)cnc2n1C. The molecule has 3 aromatic rings. The maximum absolute atomic E-state index is 13.0. The lowest BCUT2D eigenvalue weighted by Crippen LogP contribution is -2.25. The molecule has 28 heavy (non-hydrogen) atoms. The molecular formula is C18H19ClN6O2S. The van der Waals surface area contributed by atoms with Crippen LogP contribution >= 0.6 is 11.6 Å². The fourth-order valence-corrected chi connectivity index (χ4v) is 3.86. The van der Waals surface area contributed by atoms with Crippen molar-refractivity contribution < 1.29 is 8.95 Å². The zero-order valence-corrected chi connectivity index (χ0v) is 17.4. The molecule has 146 valence electrons. The van der Waals surface area contributed by atoms with Gasteiger partial charge in [-0.1, -0.05) is 18.5 Å². The lowest BCUT2D eigenvalue weighted by atomic mass is 10.2. The number of nitrogens with one attached hydrogen (secondary N) is 1. The van der Waals surface area contributed by atoms with Gasteiger partial charge in [0.2, 0.25) is 0 Å². The van der Waals surface area contributed by atoms with Crippen LogP contribution in [0.25, 0.3) is 22.7 Å². The number of aromatic nitrogens is 4. The summed E-state index contributed by atoms with van der Waals surface area (Å²) < 4.78 is 28.6. The first-order valence-electron chi connectivity index (χ1n) is 8.43. The molecule has 0 radical (unpaired) electrons. The summed E-state index contributed by atoms with van der Waals surface area (Å²) in [6.45, 7) is 4.89. The van der Waals surface area contributed by atoms with Gasteiger partial charge in [0.25, 0.3) is 0 Å². The van der Waals surface area contributed by atoms with Crippen molar-refractivity contribution in [1.82, 2.24) is 19.5 Å². The lowest BCUT2D eigenvalue weighted by molar-refractivity contribution is 0.169. The molecule has 3 heterocycles. The zero-order valence-electron chi connectivity index (χ0n) is 15.9. The molecule has 8 nitrogen and oxygen atoms in total. The van der Waals surface area contributed by atoms with E-state index in [2.05, 4.69) is 15.0 Å². The van der Waals surface area contributed by atoms with Crippen molar-refractivity contribution in [3.63, 3.8) is 0 Å². The standard InChI is InChI=1S/C18H19ClN6O2S/c1-5-28(21,26)14-7-12(27-18(2,3)10-20)9-22-15(14)17-24-13-6-11(19)8-23-16(13)25(17)4/h6-9,21H,5H2,1-4H3/t28-/m1/s1. The highest BCUT2D eigenvalue weighted by Gasteiger charge is 2.24. The summed E-state index contributed by atoms with van der Waals surface area (Å²) in [6.07, 6.45) is 2.95. The summed E-state index contributed by atoms with van der Waals surface area (Å²) in [5.41, 5.74) is 0.372. The molecule has 0 aliphatic heterocycles. The third kappa shape index (κ3) is 3.66. The number of halogens is 1. The minimum atomic E-state index is -3.15. The Labute approximate surface area is 168 Å². The van der Waals surface area contributed by atoms with Crippen molar-refractivity contribution in [2.75, 3.05) is 5.75 Å². The van der Waals surface area contributed by atoms with Crippen LogP contribution in [0.4, 0.5) is 0 Å². The molecule has 0 amide bonds. The minimum Gasteiger partial charge on any atom is -0.471 e. The lowest BCUT2D eigenvalue weighted by Gasteiger charge is -2.19. The van der Waals surface area contributed by atoms with Gasteiger partial charge in [-0.2, -0.15) is 5.26 Å². The number of nitrogens with zero attached hydrogens (tertiary/aromatic N) is 5. The molecule has 0 aromatic carbocycles. The van der Waals surface area contributed by atoms with Gasteiger partial charge in [0.15, 0.2) is 17.1 Å². The first kappa shape index (κ1) is 20.0. The topological polar surface area (TPSA) is 118 Å². The molecular weight excluding hydrogens is 400 g/mol. The van der Waals surface area contributed by atoms with E-state index in [1.807, 2.05) is 6.07 Å². The normalized spacial score (nSPS) is 13.9. The number of fused-ring (bicyclic) bond motifs is 1. The number of aryl methyl sites for hydroxylation is 1. The second-order valence-electron chi connectivity index (χ2n) is 6.70.